The van der Waals surface area contributed by atoms with Gasteiger partial charge in [-0.25, -0.2) is 0 Å². The molecule has 1 nitrogen and oxygen atoms in total. The summed E-state index contributed by atoms with van der Waals surface area (Å²) in [5.74, 6) is 8.61. The Balaban J connectivity index is 2.63. The Morgan fingerprint density at radius 2 is 2.00 bits per heavy atom. The molecule has 0 aliphatic heterocycles. The summed E-state index contributed by atoms with van der Waals surface area (Å²) in [4.78, 5) is 10.1. The van der Waals surface area contributed by atoms with Gasteiger partial charge in [-0.3, -0.25) is 0 Å². The predicted molar refractivity (Wildman–Crippen MR) is 61.2 cm³/mol. The summed E-state index contributed by atoms with van der Waals surface area (Å²) in [7, 11) is 0. The minimum absolute atomic E-state index is 0.575. The van der Waals surface area contributed by atoms with Crippen molar-refractivity contribution in [3.05, 3.63) is 35.4 Å². The molecule has 0 aliphatic rings. The van der Waals surface area contributed by atoms with Crippen LogP contribution in [0.2, 0.25) is 0 Å². The molecule has 0 bridgehead atoms. The smallest absolute Gasteiger partial charge is 0.120 e. The molecule has 0 heterocycles. The van der Waals surface area contributed by atoms with Crippen molar-refractivity contribution >= 4 is 6.29 Å². The van der Waals surface area contributed by atoms with Gasteiger partial charge < -0.3 is 4.79 Å². The third-order valence-electron chi connectivity index (χ3n) is 1.93. The van der Waals surface area contributed by atoms with Crippen molar-refractivity contribution in [1.82, 2.24) is 0 Å². The van der Waals surface area contributed by atoms with Crippen LogP contribution in [0.1, 0.15) is 30.4 Å². The van der Waals surface area contributed by atoms with Gasteiger partial charge in [0.2, 0.25) is 0 Å². The van der Waals surface area contributed by atoms with Crippen molar-refractivity contribution in [2.45, 2.75) is 19.3 Å². The average Bonchev–Trinajstić information content (AvgIpc) is 2.29. The van der Waals surface area contributed by atoms with Crippen LogP contribution in [0.5, 0.6) is 0 Å². The number of benzene rings is 1. The average molecular weight is 196 g/mol. The molecule has 1 heteroatoms. The Kier molecular flexibility index (Phi) is 4.78. The van der Waals surface area contributed by atoms with Crippen molar-refractivity contribution in [2.24, 2.45) is 0 Å². The lowest BCUT2D eigenvalue weighted by Crippen LogP contribution is -1.81. The van der Waals surface area contributed by atoms with Crippen molar-refractivity contribution in [3.8, 4) is 24.2 Å². The quantitative estimate of drug-likeness (QED) is 0.412. The van der Waals surface area contributed by atoms with E-state index in [2.05, 4.69) is 17.8 Å². The highest BCUT2D eigenvalue weighted by molar-refractivity contribution is 5.50. The number of carbonyl (C=O) groups excluding carboxylic acids is 1. The van der Waals surface area contributed by atoms with Crippen LogP contribution in [0.25, 0.3) is 0 Å². The molecule has 1 aromatic carbocycles. The first-order valence-electron chi connectivity index (χ1n) is 4.86. The number of carbonyl (C=O) groups is 1. The van der Waals surface area contributed by atoms with Crippen LogP contribution >= 0.6 is 0 Å². The van der Waals surface area contributed by atoms with E-state index in [1.54, 1.807) is 0 Å². The number of rotatable bonds is 3. The zero-order valence-corrected chi connectivity index (χ0v) is 8.49. The molecule has 0 aromatic heterocycles. The van der Waals surface area contributed by atoms with E-state index in [4.69, 9.17) is 6.42 Å². The SMILES string of the molecule is C#Cc1ccccc1C#CCCCC=O. The molecule has 0 fully saturated rings. The summed E-state index contributed by atoms with van der Waals surface area (Å²) in [6, 6.07) is 7.58. The van der Waals surface area contributed by atoms with E-state index < -0.39 is 0 Å². The zero-order chi connectivity index (χ0) is 10.9. The lowest BCUT2D eigenvalue weighted by Gasteiger charge is -1.93. The highest BCUT2D eigenvalue weighted by Crippen LogP contribution is 2.05. The topological polar surface area (TPSA) is 17.1 Å². The minimum Gasteiger partial charge on any atom is -0.303 e. The lowest BCUT2D eigenvalue weighted by atomic mass is 10.1. The molecule has 0 radical (unpaired) electrons. The summed E-state index contributed by atoms with van der Waals surface area (Å²) in [6.45, 7) is 0. The monoisotopic (exact) mass is 196 g/mol. The van der Waals surface area contributed by atoms with E-state index >= 15 is 0 Å². The summed E-state index contributed by atoms with van der Waals surface area (Å²) < 4.78 is 0. The van der Waals surface area contributed by atoms with Gasteiger partial charge in [0.1, 0.15) is 6.29 Å². The molecular weight excluding hydrogens is 184 g/mol. The van der Waals surface area contributed by atoms with E-state index in [9.17, 15) is 4.79 Å². The first kappa shape index (κ1) is 11.1. The van der Waals surface area contributed by atoms with Crippen molar-refractivity contribution in [2.75, 3.05) is 0 Å². The molecule has 15 heavy (non-hydrogen) atoms. The highest BCUT2D eigenvalue weighted by Gasteiger charge is 1.92. The fourth-order valence-electron chi connectivity index (χ4n) is 1.15. The molecular formula is C14H12O. The second kappa shape index (κ2) is 6.46. The Morgan fingerprint density at radius 3 is 2.67 bits per heavy atom. The first-order valence-corrected chi connectivity index (χ1v) is 4.86. The third-order valence-corrected chi connectivity index (χ3v) is 1.93. The van der Waals surface area contributed by atoms with Crippen molar-refractivity contribution in [1.29, 1.82) is 0 Å². The molecule has 0 saturated heterocycles. The van der Waals surface area contributed by atoms with Crippen LogP contribution in [-0.4, -0.2) is 6.29 Å². The Morgan fingerprint density at radius 1 is 1.27 bits per heavy atom. The number of terminal acetylenes is 1. The maximum Gasteiger partial charge on any atom is 0.120 e. The van der Waals surface area contributed by atoms with Gasteiger partial charge in [-0.1, -0.05) is 29.9 Å². The normalized spacial score (nSPS) is 8.47. The first-order chi connectivity index (χ1) is 7.38. The summed E-state index contributed by atoms with van der Waals surface area (Å²) >= 11 is 0. The number of hydrogen-bond donors (Lipinski definition) is 0. The molecule has 0 N–H and O–H groups in total. The van der Waals surface area contributed by atoms with E-state index in [0.717, 1.165) is 30.3 Å². The van der Waals surface area contributed by atoms with Crippen LogP contribution in [0.3, 0.4) is 0 Å². The molecule has 0 aliphatic carbocycles. The summed E-state index contributed by atoms with van der Waals surface area (Å²) in [5.41, 5.74) is 1.70. The van der Waals surface area contributed by atoms with Gasteiger partial charge in [0.05, 0.1) is 0 Å². The molecule has 0 amide bonds. The van der Waals surface area contributed by atoms with Crippen LogP contribution in [0.4, 0.5) is 0 Å². The van der Waals surface area contributed by atoms with Gasteiger partial charge in [-0.2, -0.15) is 0 Å². The van der Waals surface area contributed by atoms with Gasteiger partial charge in [-0.05, 0) is 18.6 Å². The number of aldehydes is 1. The molecule has 1 rings (SSSR count). The lowest BCUT2D eigenvalue weighted by molar-refractivity contribution is -0.107. The maximum absolute atomic E-state index is 10.1. The standard InChI is InChI=1S/C14H12O/c1-2-13-9-6-7-11-14(13)10-5-3-4-8-12-15/h1,6-7,9,11-12H,3-4,8H2. The second-order valence-electron chi connectivity index (χ2n) is 3.05. The van der Waals surface area contributed by atoms with Crippen LogP contribution in [0, 0.1) is 24.2 Å². The van der Waals surface area contributed by atoms with E-state index in [1.165, 1.54) is 0 Å². The minimum atomic E-state index is 0.575. The zero-order valence-electron chi connectivity index (χ0n) is 8.49. The Hall–Kier alpha value is -1.99. The number of hydrogen-bond acceptors (Lipinski definition) is 1. The maximum atomic E-state index is 10.1. The van der Waals surface area contributed by atoms with Gasteiger partial charge in [0.25, 0.3) is 0 Å². The van der Waals surface area contributed by atoms with Gasteiger partial charge in [0.15, 0.2) is 0 Å². The second-order valence-corrected chi connectivity index (χ2v) is 3.05. The molecule has 0 saturated carbocycles. The molecule has 1 aromatic rings. The summed E-state index contributed by atoms with van der Waals surface area (Å²) in [6.07, 6.45) is 8.38. The molecule has 74 valence electrons. The third kappa shape index (κ3) is 3.71. The van der Waals surface area contributed by atoms with Crippen LogP contribution in [0.15, 0.2) is 24.3 Å². The van der Waals surface area contributed by atoms with E-state index in [-0.39, 0.29) is 0 Å². The van der Waals surface area contributed by atoms with Crippen molar-refractivity contribution < 1.29 is 4.79 Å². The molecule has 0 spiro atoms. The Labute approximate surface area is 90.5 Å². The largest absolute Gasteiger partial charge is 0.303 e. The van der Waals surface area contributed by atoms with E-state index in [1.807, 2.05) is 24.3 Å². The van der Waals surface area contributed by atoms with Gasteiger partial charge in [0, 0.05) is 24.0 Å². The molecule has 0 atom stereocenters. The highest BCUT2D eigenvalue weighted by atomic mass is 16.1. The van der Waals surface area contributed by atoms with Crippen LogP contribution in [-0.2, 0) is 4.79 Å². The van der Waals surface area contributed by atoms with Crippen molar-refractivity contribution in [3.63, 3.8) is 0 Å². The fraction of sp³-hybridized carbons (Fsp3) is 0.214. The predicted octanol–water partition coefficient (Wildman–Crippen LogP) is 2.39. The molecule has 0 unspecified atom stereocenters. The van der Waals surface area contributed by atoms with Gasteiger partial charge in [-0.15, -0.1) is 6.42 Å². The van der Waals surface area contributed by atoms with Gasteiger partial charge >= 0.3 is 0 Å². The fourth-order valence-corrected chi connectivity index (χ4v) is 1.15. The van der Waals surface area contributed by atoms with E-state index in [0.29, 0.717) is 6.42 Å². The Bertz CT molecular complexity index is 427. The van der Waals surface area contributed by atoms with Crippen LogP contribution < -0.4 is 0 Å². The number of unbranched alkanes of at least 4 members (excludes halogenated alkanes) is 2. The summed E-state index contributed by atoms with van der Waals surface area (Å²) in [5, 5.41) is 0.